The van der Waals surface area contributed by atoms with Crippen molar-refractivity contribution >= 4 is 15.9 Å². The van der Waals surface area contributed by atoms with Gasteiger partial charge in [-0.25, -0.2) is 0 Å². The molecule has 6 heteroatoms. The fourth-order valence-electron chi connectivity index (χ4n) is 1.22. The highest BCUT2D eigenvalue weighted by molar-refractivity contribution is 9.10. The molecule has 0 radical (unpaired) electrons. The van der Waals surface area contributed by atoms with Gasteiger partial charge in [0.05, 0.1) is 16.6 Å². The number of ether oxygens (including phenoxy) is 1. The molecule has 0 amide bonds. The van der Waals surface area contributed by atoms with E-state index in [9.17, 15) is 13.2 Å². The number of hydrogen-bond acceptors (Lipinski definition) is 2. The molecule has 96 valence electrons. The van der Waals surface area contributed by atoms with E-state index >= 15 is 0 Å². The molecule has 17 heavy (non-hydrogen) atoms. The minimum atomic E-state index is -4.34. The standard InChI is InChI=1S/C11H13BrF3NO/c1-16-5-2-6-17-10-7-8(11(13,14)15)3-4-9(10)12/h3-4,7,16H,2,5-6H2,1H3. The highest BCUT2D eigenvalue weighted by atomic mass is 79.9. The fourth-order valence-corrected chi connectivity index (χ4v) is 1.58. The summed E-state index contributed by atoms with van der Waals surface area (Å²) in [6.45, 7) is 1.14. The molecule has 0 aliphatic heterocycles. The molecule has 1 rings (SSSR count). The molecule has 0 saturated carbocycles. The predicted octanol–water partition coefficient (Wildman–Crippen LogP) is 3.46. The first kappa shape index (κ1) is 14.3. The maximum Gasteiger partial charge on any atom is 0.416 e. The highest BCUT2D eigenvalue weighted by Crippen LogP contribution is 2.35. The lowest BCUT2D eigenvalue weighted by Crippen LogP contribution is -2.12. The first-order valence-electron chi connectivity index (χ1n) is 5.09. The van der Waals surface area contributed by atoms with Crippen molar-refractivity contribution in [1.82, 2.24) is 5.32 Å². The van der Waals surface area contributed by atoms with Crippen LogP contribution in [0.3, 0.4) is 0 Å². The molecule has 0 saturated heterocycles. The minimum Gasteiger partial charge on any atom is -0.492 e. The van der Waals surface area contributed by atoms with Gasteiger partial charge >= 0.3 is 6.18 Å². The van der Waals surface area contributed by atoms with E-state index in [1.807, 2.05) is 0 Å². The SMILES string of the molecule is CNCCCOc1cc(C(F)(F)F)ccc1Br. The molecule has 1 N–H and O–H groups in total. The van der Waals surface area contributed by atoms with Crippen LogP contribution < -0.4 is 10.1 Å². The Balaban J connectivity index is 2.70. The van der Waals surface area contributed by atoms with Crippen molar-refractivity contribution in [2.75, 3.05) is 20.2 Å². The zero-order chi connectivity index (χ0) is 12.9. The fraction of sp³-hybridized carbons (Fsp3) is 0.455. The van der Waals surface area contributed by atoms with Crippen LogP contribution in [-0.2, 0) is 6.18 Å². The Labute approximate surface area is 106 Å². The number of alkyl halides is 3. The smallest absolute Gasteiger partial charge is 0.416 e. The molecule has 0 aromatic heterocycles. The van der Waals surface area contributed by atoms with Crippen LogP contribution in [0.5, 0.6) is 5.75 Å². The molecule has 0 spiro atoms. The normalized spacial score (nSPS) is 11.6. The summed E-state index contributed by atoms with van der Waals surface area (Å²) in [5.41, 5.74) is -0.704. The lowest BCUT2D eigenvalue weighted by atomic mass is 10.2. The Morgan fingerprint density at radius 2 is 2.06 bits per heavy atom. The number of nitrogens with one attached hydrogen (secondary N) is 1. The minimum absolute atomic E-state index is 0.218. The van der Waals surface area contributed by atoms with Crippen molar-refractivity contribution in [2.24, 2.45) is 0 Å². The van der Waals surface area contributed by atoms with Gasteiger partial charge in [-0.3, -0.25) is 0 Å². The van der Waals surface area contributed by atoms with Gasteiger partial charge in [-0.15, -0.1) is 0 Å². The van der Waals surface area contributed by atoms with E-state index in [1.165, 1.54) is 6.07 Å². The van der Waals surface area contributed by atoms with Gasteiger partial charge in [-0.2, -0.15) is 13.2 Å². The molecule has 0 atom stereocenters. The van der Waals surface area contributed by atoms with E-state index in [2.05, 4.69) is 21.2 Å². The van der Waals surface area contributed by atoms with Crippen LogP contribution >= 0.6 is 15.9 Å². The second-order valence-electron chi connectivity index (χ2n) is 3.45. The summed E-state index contributed by atoms with van der Waals surface area (Å²) in [5.74, 6) is 0.218. The van der Waals surface area contributed by atoms with Gasteiger partial charge < -0.3 is 10.1 Å². The zero-order valence-electron chi connectivity index (χ0n) is 9.27. The molecule has 0 heterocycles. The summed E-state index contributed by atoms with van der Waals surface area (Å²) >= 11 is 3.16. The maximum absolute atomic E-state index is 12.5. The van der Waals surface area contributed by atoms with Gasteiger partial charge in [0, 0.05) is 0 Å². The van der Waals surface area contributed by atoms with E-state index in [0.717, 1.165) is 25.1 Å². The molecular weight excluding hydrogens is 299 g/mol. The molecule has 0 aliphatic carbocycles. The second-order valence-corrected chi connectivity index (χ2v) is 4.30. The molecule has 2 nitrogen and oxygen atoms in total. The van der Waals surface area contributed by atoms with E-state index in [-0.39, 0.29) is 5.75 Å². The van der Waals surface area contributed by atoms with Crippen LogP contribution in [0.1, 0.15) is 12.0 Å². The van der Waals surface area contributed by atoms with Gasteiger partial charge in [-0.05, 0) is 54.1 Å². The van der Waals surface area contributed by atoms with Crippen molar-refractivity contribution in [3.05, 3.63) is 28.2 Å². The Bertz CT molecular complexity index is 368. The Morgan fingerprint density at radius 1 is 1.35 bits per heavy atom. The molecule has 1 aromatic rings. The molecule has 0 aliphatic rings. The lowest BCUT2D eigenvalue weighted by Gasteiger charge is -2.11. The van der Waals surface area contributed by atoms with Gasteiger partial charge in [0.25, 0.3) is 0 Å². The number of hydrogen-bond donors (Lipinski definition) is 1. The van der Waals surface area contributed by atoms with Crippen LogP contribution in [-0.4, -0.2) is 20.2 Å². The van der Waals surface area contributed by atoms with E-state index in [4.69, 9.17) is 4.74 Å². The van der Waals surface area contributed by atoms with Crippen molar-refractivity contribution in [3.8, 4) is 5.75 Å². The van der Waals surface area contributed by atoms with Crippen molar-refractivity contribution in [1.29, 1.82) is 0 Å². The quantitative estimate of drug-likeness (QED) is 0.841. The Hall–Kier alpha value is -0.750. The molecule has 0 bridgehead atoms. The third kappa shape index (κ3) is 4.55. The predicted molar refractivity (Wildman–Crippen MR) is 63.2 cm³/mol. The second kappa shape index (κ2) is 6.26. The van der Waals surface area contributed by atoms with E-state index in [1.54, 1.807) is 7.05 Å². The average Bonchev–Trinajstić information content (AvgIpc) is 2.25. The maximum atomic E-state index is 12.5. The van der Waals surface area contributed by atoms with Crippen LogP contribution in [0.25, 0.3) is 0 Å². The van der Waals surface area contributed by atoms with Crippen LogP contribution in [0, 0.1) is 0 Å². The summed E-state index contributed by atoms with van der Waals surface area (Å²) in [7, 11) is 1.81. The topological polar surface area (TPSA) is 21.3 Å². The van der Waals surface area contributed by atoms with Crippen LogP contribution in [0.4, 0.5) is 13.2 Å². The molecule has 0 unspecified atom stereocenters. The summed E-state index contributed by atoms with van der Waals surface area (Å²) in [6.07, 6.45) is -3.61. The summed E-state index contributed by atoms with van der Waals surface area (Å²) in [6, 6.07) is 3.37. The zero-order valence-corrected chi connectivity index (χ0v) is 10.9. The Morgan fingerprint density at radius 3 is 2.65 bits per heavy atom. The average molecular weight is 312 g/mol. The third-order valence-electron chi connectivity index (χ3n) is 2.09. The van der Waals surface area contributed by atoms with E-state index in [0.29, 0.717) is 11.1 Å². The largest absolute Gasteiger partial charge is 0.492 e. The molecular formula is C11H13BrF3NO. The van der Waals surface area contributed by atoms with Gasteiger partial charge in [0.2, 0.25) is 0 Å². The van der Waals surface area contributed by atoms with Crippen LogP contribution in [0.2, 0.25) is 0 Å². The summed E-state index contributed by atoms with van der Waals surface area (Å²) < 4.78 is 43.2. The summed E-state index contributed by atoms with van der Waals surface area (Å²) in [5, 5.41) is 2.93. The van der Waals surface area contributed by atoms with E-state index < -0.39 is 11.7 Å². The number of rotatable bonds is 5. The van der Waals surface area contributed by atoms with Gasteiger partial charge in [0.15, 0.2) is 0 Å². The van der Waals surface area contributed by atoms with Crippen molar-refractivity contribution in [2.45, 2.75) is 12.6 Å². The lowest BCUT2D eigenvalue weighted by molar-refractivity contribution is -0.137. The van der Waals surface area contributed by atoms with Crippen molar-refractivity contribution < 1.29 is 17.9 Å². The highest BCUT2D eigenvalue weighted by Gasteiger charge is 2.31. The number of halogens is 4. The van der Waals surface area contributed by atoms with Gasteiger partial charge in [0.1, 0.15) is 5.75 Å². The van der Waals surface area contributed by atoms with Gasteiger partial charge in [-0.1, -0.05) is 0 Å². The molecule has 0 fully saturated rings. The Kier molecular flexibility index (Phi) is 5.27. The monoisotopic (exact) mass is 311 g/mol. The number of benzene rings is 1. The molecule has 1 aromatic carbocycles. The first-order valence-corrected chi connectivity index (χ1v) is 5.88. The third-order valence-corrected chi connectivity index (χ3v) is 2.74. The first-order chi connectivity index (χ1) is 7.95. The summed E-state index contributed by atoms with van der Waals surface area (Å²) in [4.78, 5) is 0. The van der Waals surface area contributed by atoms with Crippen LogP contribution in [0.15, 0.2) is 22.7 Å². The van der Waals surface area contributed by atoms with Crippen molar-refractivity contribution in [3.63, 3.8) is 0 Å².